The van der Waals surface area contributed by atoms with E-state index in [1.54, 1.807) is 17.4 Å². The standard InChI is InChI=1S/C16H18Cl2FNS/c1-3-5-13(14-6-4-9-21-14)20-10(2)15-11(17)7-8-12(19)16(15)18/h4,6-10,13,20H,3,5H2,1-2H3. The molecule has 2 unspecified atom stereocenters. The van der Waals surface area contributed by atoms with Crippen LogP contribution in [0.5, 0.6) is 0 Å². The molecule has 0 aliphatic heterocycles. The lowest BCUT2D eigenvalue weighted by Gasteiger charge is -2.24. The zero-order valence-corrected chi connectivity index (χ0v) is 14.3. The molecular formula is C16H18Cl2FNS. The van der Waals surface area contributed by atoms with Crippen molar-refractivity contribution >= 4 is 34.5 Å². The van der Waals surface area contributed by atoms with Crippen molar-refractivity contribution in [1.29, 1.82) is 0 Å². The van der Waals surface area contributed by atoms with Crippen LogP contribution in [0, 0.1) is 5.82 Å². The molecule has 0 saturated carbocycles. The van der Waals surface area contributed by atoms with Crippen LogP contribution in [-0.4, -0.2) is 0 Å². The van der Waals surface area contributed by atoms with E-state index in [4.69, 9.17) is 23.2 Å². The first-order chi connectivity index (χ1) is 10.0. The van der Waals surface area contributed by atoms with Crippen molar-refractivity contribution in [2.24, 2.45) is 0 Å². The second kappa shape index (κ2) is 7.59. The Hall–Kier alpha value is -0.610. The fraction of sp³-hybridized carbons (Fsp3) is 0.375. The summed E-state index contributed by atoms with van der Waals surface area (Å²) in [4.78, 5) is 1.27. The van der Waals surface area contributed by atoms with E-state index in [0.29, 0.717) is 10.6 Å². The summed E-state index contributed by atoms with van der Waals surface area (Å²) in [5.41, 5.74) is 0.621. The molecule has 1 aromatic carbocycles. The number of thiophene rings is 1. The minimum Gasteiger partial charge on any atom is -0.302 e. The number of benzene rings is 1. The Morgan fingerprint density at radius 2 is 2.05 bits per heavy atom. The summed E-state index contributed by atoms with van der Waals surface area (Å²) >= 11 is 14.0. The first kappa shape index (κ1) is 16.8. The van der Waals surface area contributed by atoms with Gasteiger partial charge in [0.25, 0.3) is 0 Å². The molecule has 0 fully saturated rings. The van der Waals surface area contributed by atoms with Gasteiger partial charge in [-0.25, -0.2) is 4.39 Å². The molecule has 0 amide bonds. The molecule has 2 aromatic rings. The summed E-state index contributed by atoms with van der Waals surface area (Å²) in [6.07, 6.45) is 2.07. The Morgan fingerprint density at radius 1 is 1.29 bits per heavy atom. The third-order valence-corrected chi connectivity index (χ3v) is 5.13. The molecule has 0 aliphatic carbocycles. The SMILES string of the molecule is CCCC(NC(C)c1c(Cl)ccc(F)c1Cl)c1cccs1. The maximum atomic E-state index is 13.7. The average molecular weight is 346 g/mol. The van der Waals surface area contributed by atoms with Gasteiger partial charge in [0.05, 0.1) is 5.02 Å². The van der Waals surface area contributed by atoms with Gasteiger partial charge >= 0.3 is 0 Å². The van der Waals surface area contributed by atoms with Gasteiger partial charge in [-0.3, -0.25) is 0 Å². The molecule has 1 heterocycles. The molecule has 1 nitrogen and oxygen atoms in total. The number of hydrogen-bond acceptors (Lipinski definition) is 2. The third-order valence-electron chi connectivity index (χ3n) is 3.43. The molecule has 2 atom stereocenters. The minimum absolute atomic E-state index is 0.101. The van der Waals surface area contributed by atoms with Crippen LogP contribution in [0.2, 0.25) is 10.0 Å². The van der Waals surface area contributed by atoms with Crippen molar-refractivity contribution < 1.29 is 4.39 Å². The molecule has 21 heavy (non-hydrogen) atoms. The Balaban J connectivity index is 2.23. The van der Waals surface area contributed by atoms with Gasteiger partial charge in [-0.15, -0.1) is 11.3 Å². The molecule has 114 valence electrons. The van der Waals surface area contributed by atoms with Gasteiger partial charge in [0.15, 0.2) is 0 Å². The van der Waals surface area contributed by atoms with Crippen molar-refractivity contribution in [3.63, 3.8) is 0 Å². The quantitative estimate of drug-likeness (QED) is 0.598. The Morgan fingerprint density at radius 3 is 2.67 bits per heavy atom. The third kappa shape index (κ3) is 3.98. The summed E-state index contributed by atoms with van der Waals surface area (Å²) in [6, 6.07) is 7.09. The molecule has 0 radical (unpaired) electrons. The van der Waals surface area contributed by atoms with E-state index in [9.17, 15) is 4.39 Å². The van der Waals surface area contributed by atoms with Crippen LogP contribution in [0.1, 0.15) is 49.2 Å². The molecule has 5 heteroatoms. The maximum absolute atomic E-state index is 13.7. The average Bonchev–Trinajstić information content (AvgIpc) is 2.97. The molecule has 2 rings (SSSR count). The first-order valence-corrected chi connectivity index (χ1v) is 8.61. The van der Waals surface area contributed by atoms with Crippen molar-refractivity contribution in [3.8, 4) is 0 Å². The Bertz CT molecular complexity index is 586. The number of nitrogens with one attached hydrogen (secondary N) is 1. The highest BCUT2D eigenvalue weighted by molar-refractivity contribution is 7.10. The number of rotatable bonds is 6. The predicted octanol–water partition coefficient (Wildman–Crippen LogP) is 6.39. The van der Waals surface area contributed by atoms with Crippen LogP contribution in [0.4, 0.5) is 4.39 Å². The summed E-state index contributed by atoms with van der Waals surface area (Å²) in [5, 5.41) is 6.17. The summed E-state index contributed by atoms with van der Waals surface area (Å²) < 4.78 is 13.7. The zero-order chi connectivity index (χ0) is 15.4. The molecule has 0 spiro atoms. The Labute approximate surface area is 139 Å². The van der Waals surface area contributed by atoms with Gasteiger partial charge in [-0.05, 0) is 36.9 Å². The van der Waals surface area contributed by atoms with Crippen molar-refractivity contribution in [3.05, 3.63) is 55.9 Å². The van der Waals surface area contributed by atoms with Gasteiger partial charge in [-0.2, -0.15) is 0 Å². The van der Waals surface area contributed by atoms with E-state index in [0.717, 1.165) is 12.8 Å². The predicted molar refractivity (Wildman–Crippen MR) is 89.9 cm³/mol. The van der Waals surface area contributed by atoms with Crippen LogP contribution in [0.3, 0.4) is 0 Å². The smallest absolute Gasteiger partial charge is 0.142 e. The fourth-order valence-corrected chi connectivity index (χ4v) is 3.93. The lowest BCUT2D eigenvalue weighted by Crippen LogP contribution is -2.24. The molecule has 0 saturated heterocycles. The van der Waals surface area contributed by atoms with E-state index in [-0.39, 0.29) is 17.1 Å². The maximum Gasteiger partial charge on any atom is 0.142 e. The molecular weight excluding hydrogens is 328 g/mol. The second-order valence-corrected chi connectivity index (χ2v) is 6.77. The highest BCUT2D eigenvalue weighted by Crippen LogP contribution is 2.34. The van der Waals surface area contributed by atoms with Crippen molar-refractivity contribution in [1.82, 2.24) is 5.32 Å². The normalized spacial score (nSPS) is 14.1. The van der Waals surface area contributed by atoms with Gasteiger partial charge in [-0.1, -0.05) is 42.6 Å². The van der Waals surface area contributed by atoms with Gasteiger partial charge in [0.1, 0.15) is 5.82 Å². The van der Waals surface area contributed by atoms with Crippen LogP contribution in [0.25, 0.3) is 0 Å². The van der Waals surface area contributed by atoms with Crippen LogP contribution in [-0.2, 0) is 0 Å². The second-order valence-electron chi connectivity index (χ2n) is 5.00. The summed E-state index contributed by atoms with van der Waals surface area (Å²) in [6.45, 7) is 4.11. The lowest BCUT2D eigenvalue weighted by molar-refractivity contribution is 0.444. The van der Waals surface area contributed by atoms with Gasteiger partial charge in [0, 0.05) is 27.5 Å². The highest BCUT2D eigenvalue weighted by Gasteiger charge is 2.21. The largest absolute Gasteiger partial charge is 0.302 e. The monoisotopic (exact) mass is 345 g/mol. The van der Waals surface area contributed by atoms with Gasteiger partial charge in [0.2, 0.25) is 0 Å². The highest BCUT2D eigenvalue weighted by atomic mass is 35.5. The molecule has 0 aliphatic rings. The van der Waals surface area contributed by atoms with Crippen molar-refractivity contribution in [2.45, 2.75) is 38.8 Å². The molecule has 1 aromatic heterocycles. The van der Waals surface area contributed by atoms with E-state index in [2.05, 4.69) is 23.7 Å². The summed E-state index contributed by atoms with van der Waals surface area (Å²) in [7, 11) is 0. The van der Waals surface area contributed by atoms with E-state index in [1.807, 2.05) is 13.0 Å². The molecule has 1 N–H and O–H groups in total. The Kier molecular flexibility index (Phi) is 6.06. The molecule has 0 bridgehead atoms. The van der Waals surface area contributed by atoms with Gasteiger partial charge < -0.3 is 5.32 Å². The van der Waals surface area contributed by atoms with Crippen LogP contribution < -0.4 is 5.32 Å². The zero-order valence-electron chi connectivity index (χ0n) is 12.0. The lowest BCUT2D eigenvalue weighted by atomic mass is 10.0. The van der Waals surface area contributed by atoms with Crippen LogP contribution >= 0.6 is 34.5 Å². The topological polar surface area (TPSA) is 12.0 Å². The van der Waals surface area contributed by atoms with E-state index in [1.165, 1.54) is 10.9 Å². The van der Waals surface area contributed by atoms with E-state index < -0.39 is 5.82 Å². The number of hydrogen-bond donors (Lipinski definition) is 1. The number of halogens is 3. The minimum atomic E-state index is -0.437. The van der Waals surface area contributed by atoms with E-state index >= 15 is 0 Å². The summed E-state index contributed by atoms with van der Waals surface area (Å²) in [5.74, 6) is -0.437. The van der Waals surface area contributed by atoms with Crippen molar-refractivity contribution in [2.75, 3.05) is 0 Å². The van der Waals surface area contributed by atoms with Crippen LogP contribution in [0.15, 0.2) is 29.6 Å². The first-order valence-electron chi connectivity index (χ1n) is 6.97. The fourth-order valence-electron chi connectivity index (χ4n) is 2.41.